The van der Waals surface area contributed by atoms with Crippen LogP contribution in [-0.2, 0) is 25.5 Å². The van der Waals surface area contributed by atoms with E-state index in [0.717, 1.165) is 12.5 Å². The van der Waals surface area contributed by atoms with Crippen molar-refractivity contribution in [3.63, 3.8) is 0 Å². The number of hydrogen-bond donors (Lipinski definition) is 2. The van der Waals surface area contributed by atoms with E-state index in [1.807, 2.05) is 30.3 Å². The summed E-state index contributed by atoms with van der Waals surface area (Å²) in [5.74, 6) is -2.40. The predicted octanol–water partition coefficient (Wildman–Crippen LogP) is 1.70. The zero-order valence-electron chi connectivity index (χ0n) is 13.5. The Labute approximate surface area is 135 Å². The van der Waals surface area contributed by atoms with E-state index in [0.29, 0.717) is 0 Å². The maximum atomic E-state index is 11.9. The molecule has 2 N–H and O–H groups in total. The summed E-state index contributed by atoms with van der Waals surface area (Å²) in [7, 11) is 0. The maximum absolute atomic E-state index is 11.9. The topological polar surface area (TPSA) is 92.7 Å². The highest BCUT2D eigenvalue weighted by Crippen LogP contribution is 2.15. The van der Waals surface area contributed by atoms with Gasteiger partial charge in [-0.1, -0.05) is 30.3 Å². The molecule has 6 nitrogen and oxygen atoms in total. The molecule has 0 saturated carbocycles. The van der Waals surface area contributed by atoms with Crippen LogP contribution in [0.1, 0.15) is 26.3 Å². The van der Waals surface area contributed by atoms with Crippen molar-refractivity contribution in [2.75, 3.05) is 6.61 Å². The molecule has 0 aliphatic carbocycles. The number of esters is 1. The molecule has 23 heavy (non-hydrogen) atoms. The van der Waals surface area contributed by atoms with E-state index < -0.39 is 29.1 Å². The van der Waals surface area contributed by atoms with E-state index in [1.54, 1.807) is 6.92 Å². The van der Waals surface area contributed by atoms with Gasteiger partial charge < -0.3 is 15.2 Å². The summed E-state index contributed by atoms with van der Waals surface area (Å²) >= 11 is 0. The summed E-state index contributed by atoms with van der Waals surface area (Å²) in [5.41, 5.74) is 0.395. The van der Waals surface area contributed by atoms with Crippen LogP contribution in [-0.4, -0.2) is 35.4 Å². The smallest absolute Gasteiger partial charge is 0.345 e. The number of ether oxygens (including phenoxy) is 1. The quantitative estimate of drug-likeness (QED) is 0.262. The highest BCUT2D eigenvalue weighted by atomic mass is 16.5. The van der Waals surface area contributed by atoms with Gasteiger partial charge in [-0.2, -0.15) is 0 Å². The normalized spacial score (nSPS) is 12.8. The Kier molecular flexibility index (Phi) is 6.99. The van der Waals surface area contributed by atoms with Crippen molar-refractivity contribution in [2.24, 2.45) is 0 Å². The first-order valence-electron chi connectivity index (χ1n) is 7.29. The number of carbonyl (C=O) groups is 3. The van der Waals surface area contributed by atoms with Crippen LogP contribution < -0.4 is 5.32 Å². The number of nitrogens with one attached hydrogen (secondary N) is 1. The minimum Gasteiger partial charge on any atom is -0.509 e. The van der Waals surface area contributed by atoms with Gasteiger partial charge >= 0.3 is 5.97 Å². The van der Waals surface area contributed by atoms with Crippen LogP contribution in [0.3, 0.4) is 0 Å². The molecule has 0 aliphatic heterocycles. The van der Waals surface area contributed by atoms with Crippen LogP contribution in [0.5, 0.6) is 0 Å². The second-order valence-electron chi connectivity index (χ2n) is 4.98. The number of Topliss-reactive ketones (excluding diaryl/α,β-unsaturated/α-hetero) is 1. The molecule has 0 heterocycles. The Bertz CT molecular complexity index is 607. The molecule has 0 aliphatic rings. The fourth-order valence-corrected chi connectivity index (χ4v) is 2.12. The van der Waals surface area contributed by atoms with Crippen molar-refractivity contribution < 1.29 is 24.2 Å². The third-order valence-electron chi connectivity index (χ3n) is 3.08. The molecule has 1 aromatic carbocycles. The lowest BCUT2D eigenvalue weighted by Crippen LogP contribution is -2.38. The van der Waals surface area contributed by atoms with Crippen molar-refractivity contribution in [2.45, 2.75) is 33.2 Å². The number of aliphatic hydroxyl groups excluding tert-OH is 1. The van der Waals surface area contributed by atoms with E-state index >= 15 is 0 Å². The molecular formula is C17H21NO5. The van der Waals surface area contributed by atoms with E-state index in [-0.39, 0.29) is 18.9 Å². The van der Waals surface area contributed by atoms with Crippen molar-refractivity contribution in [1.82, 2.24) is 5.32 Å². The Hall–Kier alpha value is -2.63. The van der Waals surface area contributed by atoms with E-state index in [9.17, 15) is 19.5 Å². The van der Waals surface area contributed by atoms with Gasteiger partial charge in [0.2, 0.25) is 5.91 Å². The molecular weight excluding hydrogens is 298 g/mol. The average Bonchev–Trinajstić information content (AvgIpc) is 2.47. The Balaban J connectivity index is 3.20. The molecule has 6 heteroatoms. The zero-order chi connectivity index (χ0) is 17.4. The number of amides is 1. The second kappa shape index (κ2) is 8.73. The third-order valence-corrected chi connectivity index (χ3v) is 3.08. The van der Waals surface area contributed by atoms with Crippen LogP contribution in [0.15, 0.2) is 41.7 Å². The first kappa shape index (κ1) is 18.4. The molecule has 124 valence electrons. The van der Waals surface area contributed by atoms with Gasteiger partial charge in [0.25, 0.3) is 0 Å². The highest BCUT2D eigenvalue weighted by molar-refractivity contribution is 6.16. The molecule has 1 atom stereocenters. The molecule has 0 bridgehead atoms. The molecule has 0 spiro atoms. The van der Waals surface area contributed by atoms with E-state index in [1.165, 1.54) is 6.92 Å². The Morgan fingerprint density at radius 2 is 1.78 bits per heavy atom. The van der Waals surface area contributed by atoms with Crippen LogP contribution in [0.25, 0.3) is 0 Å². The SMILES string of the molecule is CCOC(=O)/C(C(C)=O)=C(\O)[C@H](Cc1ccccc1)NC(C)=O. The first-order chi connectivity index (χ1) is 10.9. The van der Waals surface area contributed by atoms with Gasteiger partial charge in [0.15, 0.2) is 5.78 Å². The lowest BCUT2D eigenvalue weighted by atomic mass is 9.99. The highest BCUT2D eigenvalue weighted by Gasteiger charge is 2.27. The molecule has 0 aromatic heterocycles. The summed E-state index contributed by atoms with van der Waals surface area (Å²) in [5, 5.41) is 12.9. The molecule has 0 radical (unpaired) electrons. The standard InChI is InChI=1S/C17H21NO5/c1-4-23-17(22)15(11(2)19)16(21)14(18-12(3)20)10-13-8-6-5-7-9-13/h5-9,14,21H,4,10H2,1-3H3,(H,18,20)/b16-15-/t14-/m0/s1. The monoisotopic (exact) mass is 319 g/mol. The summed E-state index contributed by atoms with van der Waals surface area (Å²) in [4.78, 5) is 35.0. The van der Waals surface area contributed by atoms with Gasteiger partial charge in [-0.25, -0.2) is 4.79 Å². The van der Waals surface area contributed by atoms with E-state index in [2.05, 4.69) is 5.32 Å². The zero-order valence-corrected chi connectivity index (χ0v) is 13.5. The molecule has 1 rings (SSSR count). The number of ketones is 1. The minimum atomic E-state index is -0.902. The second-order valence-corrected chi connectivity index (χ2v) is 4.98. The minimum absolute atomic E-state index is 0.0758. The fraction of sp³-hybridized carbons (Fsp3) is 0.353. The molecule has 1 aromatic rings. The van der Waals surface area contributed by atoms with Crippen LogP contribution >= 0.6 is 0 Å². The van der Waals surface area contributed by atoms with Gasteiger partial charge in [-0.05, 0) is 25.8 Å². The third kappa shape index (κ3) is 5.58. The summed E-state index contributed by atoms with van der Waals surface area (Å²) in [6.07, 6.45) is 0.239. The van der Waals surface area contributed by atoms with Gasteiger partial charge in [0.1, 0.15) is 11.3 Å². The van der Waals surface area contributed by atoms with Crippen molar-refractivity contribution >= 4 is 17.7 Å². The summed E-state index contributed by atoms with van der Waals surface area (Å²) in [6, 6.07) is 8.22. The fourth-order valence-electron chi connectivity index (χ4n) is 2.12. The van der Waals surface area contributed by atoms with Crippen LogP contribution in [0.4, 0.5) is 0 Å². The average molecular weight is 319 g/mol. The van der Waals surface area contributed by atoms with Gasteiger partial charge in [0, 0.05) is 6.92 Å². The molecule has 0 fully saturated rings. The number of carbonyl (C=O) groups excluding carboxylic acids is 3. The van der Waals surface area contributed by atoms with Gasteiger partial charge in [0.05, 0.1) is 12.6 Å². The van der Waals surface area contributed by atoms with Crippen LogP contribution in [0.2, 0.25) is 0 Å². The van der Waals surface area contributed by atoms with Crippen LogP contribution in [0, 0.1) is 0 Å². The number of aliphatic hydroxyl groups is 1. The van der Waals surface area contributed by atoms with Gasteiger partial charge in [-0.3, -0.25) is 9.59 Å². The van der Waals surface area contributed by atoms with Gasteiger partial charge in [-0.15, -0.1) is 0 Å². The Morgan fingerprint density at radius 3 is 2.26 bits per heavy atom. The van der Waals surface area contributed by atoms with Crippen molar-refractivity contribution in [3.05, 3.63) is 47.2 Å². The summed E-state index contributed by atoms with van der Waals surface area (Å²) < 4.78 is 4.80. The van der Waals surface area contributed by atoms with Crippen molar-refractivity contribution in [1.29, 1.82) is 0 Å². The number of benzene rings is 1. The first-order valence-corrected chi connectivity index (χ1v) is 7.29. The summed E-state index contributed by atoms with van der Waals surface area (Å²) in [6.45, 7) is 4.13. The van der Waals surface area contributed by atoms with E-state index in [4.69, 9.17) is 4.74 Å². The Morgan fingerprint density at radius 1 is 1.17 bits per heavy atom. The molecule has 1 amide bonds. The molecule has 0 unspecified atom stereocenters. The lowest BCUT2D eigenvalue weighted by molar-refractivity contribution is -0.140. The van der Waals surface area contributed by atoms with Crippen molar-refractivity contribution in [3.8, 4) is 0 Å². The molecule has 0 saturated heterocycles. The largest absolute Gasteiger partial charge is 0.509 e. The number of rotatable bonds is 7. The maximum Gasteiger partial charge on any atom is 0.345 e. The predicted molar refractivity (Wildman–Crippen MR) is 84.7 cm³/mol. The number of hydrogen-bond acceptors (Lipinski definition) is 5. The lowest BCUT2D eigenvalue weighted by Gasteiger charge is -2.19.